The predicted molar refractivity (Wildman–Crippen MR) is 152 cm³/mol. The van der Waals surface area contributed by atoms with Crippen LogP contribution in [0.2, 0.25) is 0 Å². The fourth-order valence-corrected chi connectivity index (χ4v) is 4.70. The van der Waals surface area contributed by atoms with Crippen molar-refractivity contribution in [1.29, 1.82) is 0 Å². The van der Waals surface area contributed by atoms with Crippen molar-refractivity contribution in [1.82, 2.24) is 4.98 Å². The summed E-state index contributed by atoms with van der Waals surface area (Å²) in [4.78, 5) is 19.4. The van der Waals surface area contributed by atoms with Gasteiger partial charge >= 0.3 is 0 Å². The standard InChI is InChI=1S/C30H25N3O4S/c34-33(35)25-13-7-22(8-14-25)21-31-24-11-17-27(18-12-24)37-20-4-3-19-36-26-15-9-23(10-16-26)30-32-28-5-1-2-6-29(28)38-30/h1-2,5-18,21H,3-4,19-20H2. The summed E-state index contributed by atoms with van der Waals surface area (Å²) in [6.07, 6.45) is 3.44. The van der Waals surface area contributed by atoms with E-state index in [0.717, 1.165) is 51.7 Å². The maximum Gasteiger partial charge on any atom is 0.269 e. The molecular formula is C30H25N3O4S. The van der Waals surface area contributed by atoms with Gasteiger partial charge in [-0.25, -0.2) is 4.98 Å². The molecule has 1 aromatic heterocycles. The number of non-ortho nitro benzene ring substituents is 1. The average molecular weight is 524 g/mol. The summed E-state index contributed by atoms with van der Waals surface area (Å²) in [7, 11) is 0. The fourth-order valence-electron chi connectivity index (χ4n) is 3.73. The number of benzene rings is 4. The van der Waals surface area contributed by atoms with Crippen LogP contribution >= 0.6 is 11.3 Å². The molecule has 0 saturated carbocycles. The molecule has 190 valence electrons. The number of hydrogen-bond acceptors (Lipinski definition) is 7. The number of nitrogens with zero attached hydrogens (tertiary/aromatic N) is 3. The van der Waals surface area contributed by atoms with Crippen LogP contribution in [-0.2, 0) is 0 Å². The van der Waals surface area contributed by atoms with Gasteiger partial charge in [0, 0.05) is 23.9 Å². The number of ether oxygens (including phenoxy) is 2. The highest BCUT2D eigenvalue weighted by atomic mass is 32.1. The van der Waals surface area contributed by atoms with Crippen LogP contribution in [0, 0.1) is 10.1 Å². The smallest absolute Gasteiger partial charge is 0.269 e. The second kappa shape index (κ2) is 12.1. The zero-order valence-electron chi connectivity index (χ0n) is 20.5. The summed E-state index contributed by atoms with van der Waals surface area (Å²) >= 11 is 1.69. The van der Waals surface area contributed by atoms with Crippen molar-refractivity contribution in [2.45, 2.75) is 12.8 Å². The number of unbranched alkanes of at least 4 members (excludes halogenated alkanes) is 1. The Bertz CT molecular complexity index is 1500. The minimum Gasteiger partial charge on any atom is -0.494 e. The van der Waals surface area contributed by atoms with E-state index in [9.17, 15) is 10.1 Å². The predicted octanol–water partition coefficient (Wildman–Crippen LogP) is 7.86. The molecule has 0 aliphatic rings. The van der Waals surface area contributed by atoms with E-state index in [-0.39, 0.29) is 5.69 Å². The third-order valence-corrected chi connectivity index (χ3v) is 6.86. The number of para-hydroxylation sites is 1. The van der Waals surface area contributed by atoms with Crippen LogP contribution in [0.5, 0.6) is 11.5 Å². The van der Waals surface area contributed by atoms with E-state index in [1.165, 1.54) is 16.8 Å². The molecule has 0 bridgehead atoms. The van der Waals surface area contributed by atoms with Gasteiger partial charge in [-0.1, -0.05) is 12.1 Å². The molecule has 0 aliphatic carbocycles. The summed E-state index contributed by atoms with van der Waals surface area (Å²) in [5.41, 5.74) is 3.75. The molecular weight excluding hydrogens is 498 g/mol. The van der Waals surface area contributed by atoms with Crippen molar-refractivity contribution in [3.8, 4) is 22.1 Å². The minimum atomic E-state index is -0.420. The van der Waals surface area contributed by atoms with Crippen LogP contribution < -0.4 is 9.47 Å². The first kappa shape index (κ1) is 25.1. The monoisotopic (exact) mass is 523 g/mol. The number of fused-ring (bicyclic) bond motifs is 1. The Morgan fingerprint density at radius 3 is 2.08 bits per heavy atom. The zero-order chi connectivity index (χ0) is 26.2. The Balaban J connectivity index is 1.01. The molecule has 0 saturated heterocycles. The summed E-state index contributed by atoms with van der Waals surface area (Å²) in [5, 5.41) is 11.7. The highest BCUT2D eigenvalue weighted by Crippen LogP contribution is 2.31. The van der Waals surface area contributed by atoms with Crippen molar-refractivity contribution < 1.29 is 14.4 Å². The average Bonchev–Trinajstić information content (AvgIpc) is 3.39. The molecule has 4 aromatic carbocycles. The largest absolute Gasteiger partial charge is 0.494 e. The van der Waals surface area contributed by atoms with E-state index in [1.807, 2.05) is 54.6 Å². The molecule has 0 radical (unpaired) electrons. The number of aromatic nitrogens is 1. The number of hydrogen-bond donors (Lipinski definition) is 0. The molecule has 5 rings (SSSR count). The third-order valence-electron chi connectivity index (χ3n) is 5.77. The van der Waals surface area contributed by atoms with Crippen LogP contribution in [0.4, 0.5) is 11.4 Å². The van der Waals surface area contributed by atoms with Gasteiger partial charge < -0.3 is 9.47 Å². The van der Waals surface area contributed by atoms with Crippen molar-refractivity contribution in [2.24, 2.45) is 4.99 Å². The van der Waals surface area contributed by atoms with Crippen molar-refractivity contribution in [3.05, 3.63) is 113 Å². The Morgan fingerprint density at radius 2 is 1.45 bits per heavy atom. The molecule has 5 aromatic rings. The van der Waals surface area contributed by atoms with Gasteiger partial charge in [-0.2, -0.15) is 0 Å². The minimum absolute atomic E-state index is 0.0606. The van der Waals surface area contributed by atoms with Crippen LogP contribution in [0.15, 0.2) is 102 Å². The van der Waals surface area contributed by atoms with E-state index in [2.05, 4.69) is 23.2 Å². The first-order valence-corrected chi connectivity index (χ1v) is 13.1. The zero-order valence-corrected chi connectivity index (χ0v) is 21.3. The molecule has 0 N–H and O–H groups in total. The van der Waals surface area contributed by atoms with Crippen LogP contribution in [0.1, 0.15) is 18.4 Å². The van der Waals surface area contributed by atoms with Gasteiger partial charge in [0.15, 0.2) is 0 Å². The summed E-state index contributed by atoms with van der Waals surface area (Å²) in [5.74, 6) is 1.63. The first-order chi connectivity index (χ1) is 18.6. The van der Waals surface area contributed by atoms with Gasteiger partial charge in [0.25, 0.3) is 5.69 Å². The Labute approximate surface area is 224 Å². The molecule has 0 unspecified atom stereocenters. The first-order valence-electron chi connectivity index (χ1n) is 12.2. The van der Waals surface area contributed by atoms with Crippen molar-refractivity contribution in [3.63, 3.8) is 0 Å². The lowest BCUT2D eigenvalue weighted by Gasteiger charge is -2.08. The molecule has 1 heterocycles. The second-order valence-corrected chi connectivity index (χ2v) is 9.55. The molecule has 38 heavy (non-hydrogen) atoms. The number of aliphatic imine (C=N–C) groups is 1. The Kier molecular flexibility index (Phi) is 8.01. The normalized spacial score (nSPS) is 11.2. The van der Waals surface area contributed by atoms with Gasteiger partial charge in [-0.3, -0.25) is 15.1 Å². The molecule has 0 spiro atoms. The summed E-state index contributed by atoms with van der Waals surface area (Å²) in [6, 6.07) is 30.0. The van der Waals surface area contributed by atoms with Gasteiger partial charge in [0.2, 0.25) is 0 Å². The SMILES string of the molecule is O=[N+]([O-])c1ccc(C=Nc2ccc(OCCCCOc3ccc(-c4nc5ccccc5s4)cc3)cc2)cc1. The third kappa shape index (κ3) is 6.60. The van der Waals surface area contributed by atoms with Crippen LogP contribution in [-0.4, -0.2) is 29.3 Å². The molecule has 0 fully saturated rings. The fraction of sp³-hybridized carbons (Fsp3) is 0.133. The maximum absolute atomic E-state index is 10.7. The summed E-state index contributed by atoms with van der Waals surface area (Å²) in [6.45, 7) is 1.23. The van der Waals surface area contributed by atoms with Crippen molar-refractivity contribution >= 4 is 39.1 Å². The summed E-state index contributed by atoms with van der Waals surface area (Å²) < 4.78 is 12.9. The van der Waals surface area contributed by atoms with E-state index >= 15 is 0 Å². The van der Waals surface area contributed by atoms with E-state index < -0.39 is 4.92 Å². The Morgan fingerprint density at radius 1 is 0.816 bits per heavy atom. The number of thiazole rings is 1. The van der Waals surface area contributed by atoms with E-state index in [4.69, 9.17) is 14.5 Å². The lowest BCUT2D eigenvalue weighted by molar-refractivity contribution is -0.384. The topological polar surface area (TPSA) is 86.9 Å². The highest BCUT2D eigenvalue weighted by molar-refractivity contribution is 7.21. The molecule has 8 heteroatoms. The molecule has 7 nitrogen and oxygen atoms in total. The number of rotatable bonds is 11. The quantitative estimate of drug-likeness (QED) is 0.0761. The van der Waals surface area contributed by atoms with Crippen LogP contribution in [0.25, 0.3) is 20.8 Å². The number of nitro benzene ring substituents is 1. The van der Waals surface area contributed by atoms with Gasteiger partial charge in [-0.05, 0) is 91.2 Å². The second-order valence-electron chi connectivity index (χ2n) is 8.52. The lowest BCUT2D eigenvalue weighted by atomic mass is 10.2. The van der Waals surface area contributed by atoms with Crippen LogP contribution in [0.3, 0.4) is 0 Å². The van der Waals surface area contributed by atoms with Gasteiger partial charge in [0.1, 0.15) is 16.5 Å². The highest BCUT2D eigenvalue weighted by Gasteiger charge is 2.06. The maximum atomic E-state index is 10.7. The lowest BCUT2D eigenvalue weighted by Crippen LogP contribution is -2.02. The van der Waals surface area contributed by atoms with Crippen molar-refractivity contribution in [2.75, 3.05) is 13.2 Å². The molecule has 0 aliphatic heterocycles. The van der Waals surface area contributed by atoms with E-state index in [0.29, 0.717) is 13.2 Å². The van der Waals surface area contributed by atoms with Gasteiger partial charge in [0.05, 0.1) is 34.0 Å². The van der Waals surface area contributed by atoms with E-state index in [1.54, 1.807) is 29.7 Å². The Hall–Kier alpha value is -4.56. The molecule has 0 atom stereocenters. The molecule has 0 amide bonds. The van der Waals surface area contributed by atoms with Gasteiger partial charge in [-0.15, -0.1) is 11.3 Å². The number of nitro groups is 1.